The van der Waals surface area contributed by atoms with Crippen LogP contribution in [0.1, 0.15) is 12.5 Å². The van der Waals surface area contributed by atoms with Gasteiger partial charge in [0.15, 0.2) is 11.6 Å². The summed E-state index contributed by atoms with van der Waals surface area (Å²) in [5.41, 5.74) is 0.707. The van der Waals surface area contributed by atoms with Crippen molar-refractivity contribution in [2.24, 2.45) is 0 Å². The maximum absolute atomic E-state index is 13.5. The van der Waals surface area contributed by atoms with Crippen LogP contribution < -0.4 is 10.6 Å². The Labute approximate surface area is 158 Å². The number of hydrogen-bond donors (Lipinski definition) is 3. The third kappa shape index (κ3) is 5.45. The molecule has 2 rings (SSSR count). The fourth-order valence-corrected chi connectivity index (χ4v) is 2.69. The Balaban J connectivity index is 2.12. The Morgan fingerprint density at radius 1 is 1.27 bits per heavy atom. The molecule has 0 aromatic heterocycles. The van der Waals surface area contributed by atoms with E-state index in [0.717, 1.165) is 11.6 Å². The van der Waals surface area contributed by atoms with Crippen molar-refractivity contribution in [1.29, 1.82) is 0 Å². The normalized spacial score (nSPS) is 11.5. The summed E-state index contributed by atoms with van der Waals surface area (Å²) < 4.78 is 18.9. The second kappa shape index (κ2) is 9.19. The van der Waals surface area contributed by atoms with Crippen LogP contribution in [0.3, 0.4) is 0 Å². The summed E-state index contributed by atoms with van der Waals surface area (Å²) in [6.45, 7) is 1.84. The van der Waals surface area contributed by atoms with Gasteiger partial charge in [-0.1, -0.05) is 46.3 Å². The predicted octanol–water partition coefficient (Wildman–Crippen LogP) is 3.59. The summed E-state index contributed by atoms with van der Waals surface area (Å²) in [7, 11) is 0. The van der Waals surface area contributed by atoms with Gasteiger partial charge < -0.3 is 20.5 Å². The number of phenolic OH excluding ortho intramolecular Hbond substituents is 1. The molecule has 1 atom stereocenters. The molecule has 6 nitrogen and oxygen atoms in total. The molecule has 3 N–H and O–H groups in total. The van der Waals surface area contributed by atoms with E-state index < -0.39 is 29.6 Å². The van der Waals surface area contributed by atoms with Crippen LogP contribution in [0.15, 0.2) is 46.9 Å². The Bertz CT molecular complexity index is 786. The monoisotopic (exact) mass is 424 g/mol. The fourth-order valence-electron chi connectivity index (χ4n) is 2.26. The van der Waals surface area contributed by atoms with Crippen molar-refractivity contribution in [3.05, 3.63) is 58.3 Å². The minimum atomic E-state index is -0.934. The minimum Gasteiger partial charge on any atom is -0.503 e. The molecule has 0 spiro atoms. The Kier molecular flexibility index (Phi) is 6.97. The summed E-state index contributed by atoms with van der Waals surface area (Å²) in [5.74, 6) is -2.17. The van der Waals surface area contributed by atoms with Crippen LogP contribution in [0.5, 0.6) is 5.75 Å². The summed E-state index contributed by atoms with van der Waals surface area (Å²) >= 11 is 3.08. The molecule has 138 valence electrons. The quantitative estimate of drug-likeness (QED) is 0.488. The van der Waals surface area contributed by atoms with E-state index >= 15 is 0 Å². The molecule has 0 saturated carbocycles. The van der Waals surface area contributed by atoms with Crippen LogP contribution in [-0.2, 0) is 16.0 Å². The van der Waals surface area contributed by atoms with Gasteiger partial charge in [-0.25, -0.2) is 14.0 Å². The van der Waals surface area contributed by atoms with Crippen LogP contribution in [0.2, 0.25) is 0 Å². The molecule has 0 heterocycles. The molecule has 0 aliphatic heterocycles. The maximum Gasteiger partial charge on any atom is 0.329 e. The number of benzene rings is 2. The van der Waals surface area contributed by atoms with Gasteiger partial charge >= 0.3 is 12.0 Å². The molecule has 2 aromatic carbocycles. The number of hydrogen-bond acceptors (Lipinski definition) is 4. The molecular formula is C18H18BrFN2O4. The Morgan fingerprint density at radius 2 is 1.96 bits per heavy atom. The number of urea groups is 1. The standard InChI is InChI=1S/C18H18BrFN2O4/c1-2-26-17(24)15(8-11-6-4-3-5-7-11)22-18(25)21-14-10-12(19)9-13(20)16(14)23/h3-7,9-10,15,23H,2,8H2,1H3,(H2,21,22,25)/t15-/m0/s1. The SMILES string of the molecule is CCOC(=O)[C@H](Cc1ccccc1)NC(=O)Nc1cc(Br)cc(F)c1O. The Hall–Kier alpha value is -2.61. The largest absolute Gasteiger partial charge is 0.503 e. The number of amides is 2. The van der Waals surface area contributed by atoms with Crippen molar-refractivity contribution < 1.29 is 23.8 Å². The predicted molar refractivity (Wildman–Crippen MR) is 98.5 cm³/mol. The molecule has 0 aliphatic rings. The highest BCUT2D eigenvalue weighted by Crippen LogP contribution is 2.30. The number of carbonyl (C=O) groups excluding carboxylic acids is 2. The first kappa shape index (κ1) is 19.7. The van der Waals surface area contributed by atoms with Gasteiger partial charge in [-0.05, 0) is 24.6 Å². The number of aromatic hydroxyl groups is 1. The molecule has 0 bridgehead atoms. The van der Waals surface area contributed by atoms with Gasteiger partial charge in [0, 0.05) is 10.9 Å². The van der Waals surface area contributed by atoms with Crippen LogP contribution >= 0.6 is 15.9 Å². The number of halogens is 2. The highest BCUT2D eigenvalue weighted by Gasteiger charge is 2.23. The summed E-state index contributed by atoms with van der Waals surface area (Å²) in [5, 5.41) is 14.5. The van der Waals surface area contributed by atoms with E-state index in [9.17, 15) is 19.1 Å². The van der Waals surface area contributed by atoms with Crippen LogP contribution in [0.25, 0.3) is 0 Å². The molecule has 2 amide bonds. The van der Waals surface area contributed by atoms with E-state index in [0.29, 0.717) is 4.47 Å². The van der Waals surface area contributed by atoms with Crippen molar-refractivity contribution >= 4 is 33.6 Å². The number of nitrogens with one attached hydrogen (secondary N) is 2. The molecule has 2 aromatic rings. The summed E-state index contributed by atoms with van der Waals surface area (Å²) in [6, 6.07) is 9.82. The zero-order chi connectivity index (χ0) is 19.1. The first-order valence-corrected chi connectivity index (χ1v) is 8.66. The zero-order valence-electron chi connectivity index (χ0n) is 14.0. The second-order valence-electron chi connectivity index (χ2n) is 5.38. The van der Waals surface area contributed by atoms with E-state index in [-0.39, 0.29) is 18.7 Å². The number of rotatable bonds is 6. The Morgan fingerprint density at radius 3 is 2.62 bits per heavy atom. The summed E-state index contributed by atoms with van der Waals surface area (Å²) in [4.78, 5) is 24.3. The lowest BCUT2D eigenvalue weighted by Gasteiger charge is -2.18. The van der Waals surface area contributed by atoms with Crippen LogP contribution in [0.4, 0.5) is 14.9 Å². The van der Waals surface area contributed by atoms with Gasteiger partial charge in [-0.3, -0.25) is 0 Å². The lowest BCUT2D eigenvalue weighted by atomic mass is 10.1. The maximum atomic E-state index is 13.5. The molecule has 0 unspecified atom stereocenters. The average Bonchev–Trinajstić information content (AvgIpc) is 2.59. The number of carbonyl (C=O) groups is 2. The van der Waals surface area contributed by atoms with Crippen molar-refractivity contribution in [1.82, 2.24) is 5.32 Å². The van der Waals surface area contributed by atoms with Gasteiger partial charge in [0.25, 0.3) is 0 Å². The fraction of sp³-hybridized carbons (Fsp3) is 0.222. The molecule has 8 heteroatoms. The third-order valence-corrected chi connectivity index (χ3v) is 3.89. The van der Waals surface area contributed by atoms with Crippen molar-refractivity contribution in [3.8, 4) is 5.75 Å². The zero-order valence-corrected chi connectivity index (χ0v) is 15.5. The van der Waals surface area contributed by atoms with Gasteiger partial charge in [-0.15, -0.1) is 0 Å². The van der Waals surface area contributed by atoms with Gasteiger partial charge in [0.1, 0.15) is 6.04 Å². The van der Waals surface area contributed by atoms with E-state index in [1.165, 1.54) is 6.07 Å². The van der Waals surface area contributed by atoms with Crippen LogP contribution in [0, 0.1) is 5.82 Å². The van der Waals surface area contributed by atoms with E-state index in [1.54, 1.807) is 6.92 Å². The summed E-state index contributed by atoms with van der Waals surface area (Å²) in [6.07, 6.45) is 0.228. The first-order valence-electron chi connectivity index (χ1n) is 7.86. The first-order chi connectivity index (χ1) is 12.4. The highest BCUT2D eigenvalue weighted by atomic mass is 79.9. The van der Waals surface area contributed by atoms with Crippen molar-refractivity contribution in [3.63, 3.8) is 0 Å². The third-order valence-electron chi connectivity index (χ3n) is 3.44. The van der Waals surface area contributed by atoms with Crippen molar-refractivity contribution in [2.45, 2.75) is 19.4 Å². The van der Waals surface area contributed by atoms with Crippen molar-refractivity contribution in [2.75, 3.05) is 11.9 Å². The van der Waals surface area contributed by atoms with Gasteiger partial charge in [0.05, 0.1) is 12.3 Å². The van der Waals surface area contributed by atoms with E-state index in [2.05, 4.69) is 26.6 Å². The topological polar surface area (TPSA) is 87.7 Å². The molecule has 0 fully saturated rings. The van der Waals surface area contributed by atoms with Gasteiger partial charge in [0.2, 0.25) is 0 Å². The van der Waals surface area contributed by atoms with Crippen LogP contribution in [-0.4, -0.2) is 29.8 Å². The molecule has 26 heavy (non-hydrogen) atoms. The number of phenols is 1. The van der Waals surface area contributed by atoms with Gasteiger partial charge in [-0.2, -0.15) is 0 Å². The number of ether oxygens (including phenoxy) is 1. The second-order valence-corrected chi connectivity index (χ2v) is 6.29. The molecular weight excluding hydrogens is 407 g/mol. The van der Waals surface area contributed by atoms with E-state index in [4.69, 9.17) is 4.74 Å². The lowest BCUT2D eigenvalue weighted by Crippen LogP contribution is -2.45. The molecule has 0 radical (unpaired) electrons. The number of anilines is 1. The smallest absolute Gasteiger partial charge is 0.329 e. The van der Waals surface area contributed by atoms with E-state index in [1.807, 2.05) is 30.3 Å². The molecule has 0 aliphatic carbocycles. The number of esters is 1. The minimum absolute atomic E-state index is 0.128. The highest BCUT2D eigenvalue weighted by molar-refractivity contribution is 9.10. The average molecular weight is 425 g/mol. The lowest BCUT2D eigenvalue weighted by molar-refractivity contribution is -0.145. The molecule has 0 saturated heterocycles.